The molecule has 1 spiro atoms. The van der Waals surface area contributed by atoms with E-state index in [4.69, 9.17) is 9.47 Å². The third kappa shape index (κ3) is 5.64. The molecule has 0 radical (unpaired) electrons. The Morgan fingerprint density at radius 3 is 2.64 bits per heavy atom. The first-order valence-corrected chi connectivity index (χ1v) is 15.1. The normalized spacial score (nSPS) is 29.9. The molecule has 4 aliphatic rings. The summed E-state index contributed by atoms with van der Waals surface area (Å²) in [6, 6.07) is 6.63. The van der Waals surface area contributed by atoms with Crippen molar-refractivity contribution in [3.63, 3.8) is 0 Å². The molecule has 4 aliphatic heterocycles. The van der Waals surface area contributed by atoms with Crippen molar-refractivity contribution in [2.75, 3.05) is 64.5 Å². The molecular formula is C28H40N4O6S. The summed E-state index contributed by atoms with van der Waals surface area (Å²) in [6.07, 6.45) is 2.71. The van der Waals surface area contributed by atoms with Crippen LogP contribution >= 0.6 is 11.8 Å². The highest BCUT2D eigenvalue weighted by Crippen LogP contribution is 2.66. The molecule has 2 bridgehead atoms. The lowest BCUT2D eigenvalue weighted by atomic mass is 9.70. The highest BCUT2D eigenvalue weighted by Gasteiger charge is 2.73. The molecule has 0 saturated carbocycles. The summed E-state index contributed by atoms with van der Waals surface area (Å²) in [7, 11) is 0. The van der Waals surface area contributed by atoms with E-state index in [-0.39, 0.29) is 29.6 Å². The zero-order valence-electron chi connectivity index (χ0n) is 22.6. The number of nitrogens with one attached hydrogen (secondary N) is 2. The Bertz CT molecular complexity index is 1040. The second kappa shape index (κ2) is 12.4. The predicted molar refractivity (Wildman–Crippen MR) is 149 cm³/mol. The molecule has 11 heteroatoms. The number of likely N-dealkylation sites (tertiary alicyclic amines) is 1. The minimum Gasteiger partial charge on any atom is -0.494 e. The number of carbonyl (C=O) groups is 3. The number of morpholine rings is 1. The number of thioether (sulfide) groups is 1. The second-order valence-corrected chi connectivity index (χ2v) is 12.3. The van der Waals surface area contributed by atoms with Gasteiger partial charge in [0.1, 0.15) is 11.8 Å². The molecule has 4 saturated heterocycles. The fourth-order valence-corrected chi connectivity index (χ4v) is 8.89. The lowest BCUT2D eigenvalue weighted by molar-refractivity contribution is -0.139. The summed E-state index contributed by atoms with van der Waals surface area (Å²) in [5.74, 6) is -0.703. The number of hydrogen-bond donors (Lipinski definition) is 3. The number of hydrogen-bond acceptors (Lipinski definition) is 8. The first kappa shape index (κ1) is 28.2. The van der Waals surface area contributed by atoms with Crippen molar-refractivity contribution < 1.29 is 29.0 Å². The fourth-order valence-electron chi connectivity index (χ4n) is 6.67. The van der Waals surface area contributed by atoms with Gasteiger partial charge in [-0.15, -0.1) is 11.8 Å². The van der Waals surface area contributed by atoms with Gasteiger partial charge in [0.25, 0.3) is 0 Å². The molecule has 10 nitrogen and oxygen atoms in total. The molecule has 0 aromatic heterocycles. The van der Waals surface area contributed by atoms with Crippen LogP contribution in [0.3, 0.4) is 0 Å². The van der Waals surface area contributed by atoms with Crippen molar-refractivity contribution in [2.24, 2.45) is 11.8 Å². The van der Waals surface area contributed by atoms with Crippen molar-refractivity contribution in [1.82, 2.24) is 15.1 Å². The molecule has 39 heavy (non-hydrogen) atoms. The molecule has 4 fully saturated rings. The Labute approximate surface area is 234 Å². The Kier molecular flexibility index (Phi) is 9.00. The number of ether oxygens (including phenoxy) is 2. The zero-order chi connectivity index (χ0) is 27.4. The molecule has 4 heterocycles. The van der Waals surface area contributed by atoms with Gasteiger partial charge in [0, 0.05) is 50.3 Å². The molecule has 3 amide bonds. The molecule has 214 valence electrons. The third-order valence-electron chi connectivity index (χ3n) is 8.42. The zero-order valence-corrected chi connectivity index (χ0v) is 23.4. The van der Waals surface area contributed by atoms with Crippen LogP contribution in [0.15, 0.2) is 24.3 Å². The number of benzene rings is 1. The number of fused-ring (bicyclic) bond motifs is 1. The topological polar surface area (TPSA) is 120 Å². The van der Waals surface area contributed by atoms with E-state index in [2.05, 4.69) is 15.5 Å². The molecule has 1 aromatic rings. The monoisotopic (exact) mass is 560 g/mol. The summed E-state index contributed by atoms with van der Waals surface area (Å²) >= 11 is 1.67. The first-order valence-electron chi connectivity index (χ1n) is 14.2. The molecular weight excluding hydrogens is 520 g/mol. The van der Waals surface area contributed by atoms with E-state index in [1.807, 2.05) is 19.1 Å². The van der Waals surface area contributed by atoms with E-state index in [1.165, 1.54) is 0 Å². The molecule has 5 atom stereocenters. The lowest BCUT2D eigenvalue weighted by Gasteiger charge is -2.34. The number of aliphatic hydroxyl groups is 1. The third-order valence-corrected chi connectivity index (χ3v) is 10.4. The van der Waals surface area contributed by atoms with E-state index in [0.29, 0.717) is 51.4 Å². The van der Waals surface area contributed by atoms with Gasteiger partial charge in [-0.1, -0.05) is 0 Å². The Hall–Kier alpha value is -2.34. The summed E-state index contributed by atoms with van der Waals surface area (Å²) in [5, 5.41) is 15.5. The van der Waals surface area contributed by atoms with Crippen LogP contribution in [0.5, 0.6) is 5.75 Å². The van der Waals surface area contributed by atoms with Crippen molar-refractivity contribution in [1.29, 1.82) is 0 Å². The van der Waals surface area contributed by atoms with Crippen LogP contribution in [0, 0.1) is 11.8 Å². The van der Waals surface area contributed by atoms with E-state index >= 15 is 0 Å². The van der Waals surface area contributed by atoms with E-state index in [0.717, 1.165) is 38.2 Å². The van der Waals surface area contributed by atoms with Crippen LogP contribution in [0.2, 0.25) is 0 Å². The van der Waals surface area contributed by atoms with Gasteiger partial charge in [-0.05, 0) is 56.9 Å². The van der Waals surface area contributed by atoms with Crippen LogP contribution in [-0.2, 0) is 19.1 Å². The Morgan fingerprint density at radius 2 is 1.92 bits per heavy atom. The number of nitrogens with zero attached hydrogens (tertiary/aromatic N) is 2. The van der Waals surface area contributed by atoms with Gasteiger partial charge in [0.05, 0.1) is 36.4 Å². The standard InChI is InChI=1S/C28H40N4O6S/c1-2-38-20-7-5-19(6-8-20)30-25(34)22-21-9-10-28(39-21)23(22)27(36)32(12-3-4-16-33)24(28)26(35)29-11-13-31-14-17-37-18-15-31/h5-8,21-24,33H,2-4,9-18H2,1H3,(H,29,35)(H,30,34)/t21-,22+,23+,24?,28?/m1/s1. The van der Waals surface area contributed by atoms with Crippen molar-refractivity contribution in [3.8, 4) is 5.75 Å². The van der Waals surface area contributed by atoms with Gasteiger partial charge in [0.15, 0.2) is 0 Å². The maximum Gasteiger partial charge on any atom is 0.244 e. The average Bonchev–Trinajstić information content (AvgIpc) is 3.58. The number of anilines is 1. The summed E-state index contributed by atoms with van der Waals surface area (Å²) < 4.78 is 10.3. The molecule has 0 aliphatic carbocycles. The number of amides is 3. The predicted octanol–water partition coefficient (Wildman–Crippen LogP) is 1.34. The first-order chi connectivity index (χ1) is 19.0. The molecule has 5 rings (SSSR count). The molecule has 1 aromatic carbocycles. The fraction of sp³-hybridized carbons (Fsp3) is 0.679. The maximum atomic E-state index is 13.9. The lowest BCUT2D eigenvalue weighted by Crippen LogP contribution is -2.54. The summed E-state index contributed by atoms with van der Waals surface area (Å²) in [4.78, 5) is 45.3. The highest BCUT2D eigenvalue weighted by molar-refractivity contribution is 8.02. The van der Waals surface area contributed by atoms with Crippen molar-refractivity contribution in [2.45, 2.75) is 48.6 Å². The number of carbonyl (C=O) groups excluding carboxylic acids is 3. The summed E-state index contributed by atoms with van der Waals surface area (Å²) in [5.41, 5.74) is 0.660. The Morgan fingerprint density at radius 1 is 1.15 bits per heavy atom. The summed E-state index contributed by atoms with van der Waals surface area (Å²) in [6.45, 7) is 7.26. The van der Waals surface area contributed by atoms with Gasteiger partial charge < -0.3 is 30.1 Å². The smallest absolute Gasteiger partial charge is 0.244 e. The van der Waals surface area contributed by atoms with Gasteiger partial charge in [-0.3, -0.25) is 19.3 Å². The van der Waals surface area contributed by atoms with Gasteiger partial charge in [0.2, 0.25) is 17.7 Å². The van der Waals surface area contributed by atoms with E-state index in [1.54, 1.807) is 28.8 Å². The average molecular weight is 561 g/mol. The quantitative estimate of drug-likeness (QED) is 0.328. The van der Waals surface area contributed by atoms with Gasteiger partial charge in [-0.25, -0.2) is 0 Å². The van der Waals surface area contributed by atoms with Gasteiger partial charge >= 0.3 is 0 Å². The minimum atomic E-state index is -0.614. The van der Waals surface area contributed by atoms with Crippen LogP contribution in [0.1, 0.15) is 32.6 Å². The van der Waals surface area contributed by atoms with Crippen LogP contribution in [0.4, 0.5) is 5.69 Å². The largest absolute Gasteiger partial charge is 0.494 e. The second-order valence-electron chi connectivity index (χ2n) is 10.7. The van der Waals surface area contributed by atoms with Crippen LogP contribution < -0.4 is 15.4 Å². The Balaban J connectivity index is 1.31. The van der Waals surface area contributed by atoms with Crippen molar-refractivity contribution in [3.05, 3.63) is 24.3 Å². The number of aliphatic hydroxyl groups excluding tert-OH is 1. The van der Waals surface area contributed by atoms with Crippen LogP contribution in [-0.4, -0.2) is 108 Å². The van der Waals surface area contributed by atoms with E-state index < -0.39 is 22.6 Å². The molecule has 3 N–H and O–H groups in total. The van der Waals surface area contributed by atoms with E-state index in [9.17, 15) is 19.5 Å². The van der Waals surface area contributed by atoms with Crippen molar-refractivity contribution >= 4 is 35.2 Å². The molecule has 2 unspecified atom stereocenters. The SMILES string of the molecule is CCOc1ccc(NC(=O)[C@@H]2[C@H]3C(=O)N(CCCCO)C(C(=O)NCCN4CCOCC4)C34CC[C@H]2S4)cc1. The maximum absolute atomic E-state index is 13.9. The number of unbranched alkanes of at least 4 members (excludes halogenated alkanes) is 1. The van der Waals surface area contributed by atoms with Gasteiger partial charge in [-0.2, -0.15) is 0 Å². The minimum absolute atomic E-state index is 0.00453. The van der Waals surface area contributed by atoms with Crippen LogP contribution in [0.25, 0.3) is 0 Å². The highest BCUT2D eigenvalue weighted by atomic mass is 32.2. The number of rotatable bonds is 12.